The molecule has 2 aromatic carbocycles. The second-order valence-electron chi connectivity index (χ2n) is 6.19. The summed E-state index contributed by atoms with van der Waals surface area (Å²) < 4.78 is 0. The van der Waals surface area contributed by atoms with Crippen LogP contribution in [-0.4, -0.2) is 11.8 Å². The lowest BCUT2D eigenvalue weighted by Gasteiger charge is -2.08. The van der Waals surface area contributed by atoms with Crippen LogP contribution in [0.3, 0.4) is 0 Å². The fraction of sp³-hybridized carbons (Fsp3) is 0.143. The smallest absolute Gasteiger partial charge is 0.266 e. The Balaban J connectivity index is 1.65. The molecule has 2 N–H and O–H groups in total. The molecule has 0 saturated carbocycles. The maximum Gasteiger partial charge on any atom is 0.266 e. The maximum absolute atomic E-state index is 12.5. The van der Waals surface area contributed by atoms with Crippen molar-refractivity contribution in [2.24, 2.45) is 0 Å². The van der Waals surface area contributed by atoms with Crippen LogP contribution in [-0.2, 0) is 11.2 Å². The third kappa shape index (κ3) is 4.58. The second-order valence-corrected chi connectivity index (χ2v) is 7.10. The molecule has 0 atom stereocenters. The molecule has 26 heavy (non-hydrogen) atoms. The van der Waals surface area contributed by atoms with Crippen LogP contribution in [0, 0.1) is 13.8 Å². The zero-order valence-electron chi connectivity index (χ0n) is 14.7. The van der Waals surface area contributed by atoms with Gasteiger partial charge in [-0.15, -0.1) is 11.3 Å². The molecule has 0 unspecified atom stereocenters. The molecule has 0 radical (unpaired) electrons. The Bertz CT molecular complexity index is 912. The Morgan fingerprint density at radius 1 is 0.808 bits per heavy atom. The van der Waals surface area contributed by atoms with E-state index in [1.54, 1.807) is 0 Å². The molecule has 0 aliphatic carbocycles. The molecule has 3 aromatic rings. The number of amides is 2. The van der Waals surface area contributed by atoms with E-state index in [-0.39, 0.29) is 18.2 Å². The van der Waals surface area contributed by atoms with Gasteiger partial charge >= 0.3 is 0 Å². The summed E-state index contributed by atoms with van der Waals surface area (Å²) in [5.41, 5.74) is 4.48. The summed E-state index contributed by atoms with van der Waals surface area (Å²) in [4.78, 5) is 25.4. The van der Waals surface area contributed by atoms with Gasteiger partial charge in [-0.1, -0.05) is 35.4 Å². The van der Waals surface area contributed by atoms with Crippen molar-refractivity contribution in [1.82, 2.24) is 0 Å². The Kier molecular flexibility index (Phi) is 5.49. The van der Waals surface area contributed by atoms with Crippen molar-refractivity contribution in [2.45, 2.75) is 20.3 Å². The monoisotopic (exact) mass is 364 g/mol. The van der Waals surface area contributed by atoms with Gasteiger partial charge in [0, 0.05) is 11.4 Å². The quantitative estimate of drug-likeness (QED) is 0.683. The first-order chi connectivity index (χ1) is 12.5. The van der Waals surface area contributed by atoms with Gasteiger partial charge in [-0.05, 0) is 55.1 Å². The number of carbonyl (C=O) groups is 2. The molecule has 132 valence electrons. The number of nitrogens with one attached hydrogen (secondary N) is 2. The molecule has 1 aromatic heterocycles. The van der Waals surface area contributed by atoms with Crippen molar-refractivity contribution in [1.29, 1.82) is 0 Å². The minimum Gasteiger partial charge on any atom is -0.326 e. The van der Waals surface area contributed by atoms with E-state index < -0.39 is 0 Å². The molecule has 2 amide bonds. The summed E-state index contributed by atoms with van der Waals surface area (Å²) >= 11 is 1.34. The first-order valence-electron chi connectivity index (χ1n) is 8.32. The fourth-order valence-corrected chi connectivity index (χ4v) is 3.33. The summed E-state index contributed by atoms with van der Waals surface area (Å²) in [6.07, 6.45) is 0.161. The van der Waals surface area contributed by atoms with Gasteiger partial charge < -0.3 is 10.6 Å². The van der Waals surface area contributed by atoms with Crippen LogP contribution in [0.25, 0.3) is 0 Å². The van der Waals surface area contributed by atoms with Crippen molar-refractivity contribution in [3.8, 4) is 0 Å². The molecule has 0 fully saturated rings. The predicted molar refractivity (Wildman–Crippen MR) is 107 cm³/mol. The molecule has 0 aliphatic heterocycles. The number of thiophene rings is 1. The highest BCUT2D eigenvalue weighted by atomic mass is 32.1. The van der Waals surface area contributed by atoms with Crippen molar-refractivity contribution in [3.63, 3.8) is 0 Å². The highest BCUT2D eigenvalue weighted by Crippen LogP contribution is 2.20. The topological polar surface area (TPSA) is 58.2 Å². The molecule has 1 heterocycles. The molecule has 0 saturated heterocycles. The molecule has 0 aliphatic rings. The zero-order chi connectivity index (χ0) is 18.5. The fourth-order valence-electron chi connectivity index (χ4n) is 2.51. The number of benzene rings is 2. The van der Waals surface area contributed by atoms with E-state index in [1.165, 1.54) is 11.3 Å². The third-order valence-electron chi connectivity index (χ3n) is 3.95. The van der Waals surface area contributed by atoms with E-state index >= 15 is 0 Å². The highest BCUT2D eigenvalue weighted by Gasteiger charge is 2.16. The van der Waals surface area contributed by atoms with Crippen LogP contribution in [0.4, 0.5) is 11.4 Å². The van der Waals surface area contributed by atoms with Gasteiger partial charge in [-0.25, -0.2) is 0 Å². The van der Waals surface area contributed by atoms with Crippen LogP contribution in [0.5, 0.6) is 0 Å². The van der Waals surface area contributed by atoms with Crippen molar-refractivity contribution in [2.75, 3.05) is 10.6 Å². The lowest BCUT2D eigenvalue weighted by molar-refractivity contribution is -0.115. The van der Waals surface area contributed by atoms with E-state index in [2.05, 4.69) is 10.6 Å². The van der Waals surface area contributed by atoms with E-state index in [0.29, 0.717) is 4.88 Å². The number of hydrogen-bond donors (Lipinski definition) is 2. The normalized spacial score (nSPS) is 10.4. The summed E-state index contributed by atoms with van der Waals surface area (Å²) in [6, 6.07) is 17.1. The lowest BCUT2D eigenvalue weighted by atomic mass is 10.1. The Labute approximate surface area is 156 Å². The van der Waals surface area contributed by atoms with Gasteiger partial charge in [0.2, 0.25) is 5.91 Å². The number of anilines is 2. The van der Waals surface area contributed by atoms with Gasteiger partial charge in [-0.3, -0.25) is 9.59 Å². The van der Waals surface area contributed by atoms with Crippen LogP contribution in [0.1, 0.15) is 26.4 Å². The first-order valence-corrected chi connectivity index (χ1v) is 9.20. The molecular formula is C21H20N2O2S. The SMILES string of the molecule is Cc1ccc(NC(=O)Cc2ccsc2C(=O)Nc2ccc(C)cc2)cc1. The number of rotatable bonds is 5. The zero-order valence-corrected chi connectivity index (χ0v) is 15.5. The third-order valence-corrected chi connectivity index (χ3v) is 4.90. The van der Waals surface area contributed by atoms with Crippen molar-refractivity contribution in [3.05, 3.63) is 81.5 Å². The Morgan fingerprint density at radius 3 is 1.92 bits per heavy atom. The molecule has 0 bridgehead atoms. The molecule has 5 heteroatoms. The minimum absolute atomic E-state index is 0.142. The Hall–Kier alpha value is -2.92. The largest absolute Gasteiger partial charge is 0.326 e. The summed E-state index contributed by atoms with van der Waals surface area (Å²) in [7, 11) is 0. The predicted octanol–water partition coefficient (Wildman–Crippen LogP) is 4.80. The summed E-state index contributed by atoms with van der Waals surface area (Å²) in [5.74, 6) is -0.335. The van der Waals surface area contributed by atoms with Crippen molar-refractivity contribution >= 4 is 34.5 Å². The highest BCUT2D eigenvalue weighted by molar-refractivity contribution is 7.12. The summed E-state index contributed by atoms with van der Waals surface area (Å²) in [6.45, 7) is 3.99. The lowest BCUT2D eigenvalue weighted by Crippen LogP contribution is -2.17. The second kappa shape index (κ2) is 7.97. The number of aryl methyl sites for hydroxylation is 2. The standard InChI is InChI=1S/C21H20N2O2S/c1-14-3-7-17(8-4-14)22-19(24)13-16-11-12-26-20(16)21(25)23-18-9-5-15(2)6-10-18/h3-12H,13H2,1-2H3,(H,22,24)(H,23,25). The average molecular weight is 364 g/mol. The van der Waals surface area contributed by atoms with Crippen LogP contribution in [0.15, 0.2) is 60.0 Å². The van der Waals surface area contributed by atoms with E-state index in [1.807, 2.05) is 73.8 Å². The average Bonchev–Trinajstić information content (AvgIpc) is 3.07. The van der Waals surface area contributed by atoms with Gasteiger partial charge in [0.1, 0.15) is 0 Å². The van der Waals surface area contributed by atoms with Gasteiger partial charge in [0.15, 0.2) is 0 Å². The first kappa shape index (κ1) is 17.9. The molecular weight excluding hydrogens is 344 g/mol. The maximum atomic E-state index is 12.5. The van der Waals surface area contributed by atoms with E-state index in [0.717, 1.165) is 28.1 Å². The van der Waals surface area contributed by atoms with Crippen LogP contribution in [0.2, 0.25) is 0 Å². The van der Waals surface area contributed by atoms with Gasteiger partial charge in [0.25, 0.3) is 5.91 Å². The van der Waals surface area contributed by atoms with E-state index in [9.17, 15) is 9.59 Å². The van der Waals surface area contributed by atoms with Gasteiger partial charge in [-0.2, -0.15) is 0 Å². The molecule has 4 nitrogen and oxygen atoms in total. The minimum atomic E-state index is -0.193. The number of hydrogen-bond acceptors (Lipinski definition) is 3. The summed E-state index contributed by atoms with van der Waals surface area (Å²) in [5, 5.41) is 7.58. The Morgan fingerprint density at radius 2 is 1.35 bits per heavy atom. The van der Waals surface area contributed by atoms with Crippen LogP contribution < -0.4 is 10.6 Å². The number of carbonyl (C=O) groups excluding carboxylic acids is 2. The van der Waals surface area contributed by atoms with E-state index in [4.69, 9.17) is 0 Å². The van der Waals surface area contributed by atoms with Crippen molar-refractivity contribution < 1.29 is 9.59 Å². The van der Waals surface area contributed by atoms with Gasteiger partial charge in [0.05, 0.1) is 11.3 Å². The molecule has 0 spiro atoms. The van der Waals surface area contributed by atoms with Crippen LogP contribution >= 0.6 is 11.3 Å². The molecule has 3 rings (SSSR count).